The molecular formula is C4H9BrO2Zn. The average Bonchev–Trinajstić information content (AvgIpc) is 1.68. The van der Waals surface area contributed by atoms with Crippen LogP contribution in [0.2, 0.25) is 5.02 Å². The number of hydrogen-bond acceptors (Lipinski definition) is 2. The summed E-state index contributed by atoms with van der Waals surface area (Å²) in [6.45, 7) is 2.49. The Hall–Kier alpha value is 1.02. The van der Waals surface area contributed by atoms with E-state index in [9.17, 15) is 0 Å². The van der Waals surface area contributed by atoms with Crippen molar-refractivity contribution in [3.05, 3.63) is 0 Å². The molecular weight excluding hydrogens is 225 g/mol. The van der Waals surface area contributed by atoms with Gasteiger partial charge < -0.3 is 0 Å². The summed E-state index contributed by atoms with van der Waals surface area (Å²) in [6.07, 6.45) is -0.501. The Kier molecular flexibility index (Phi) is 6.93. The molecule has 46 valence electrons. The van der Waals surface area contributed by atoms with Crippen molar-refractivity contribution < 1.29 is 25.0 Å². The van der Waals surface area contributed by atoms with Crippen LogP contribution in [0.4, 0.5) is 0 Å². The van der Waals surface area contributed by atoms with Gasteiger partial charge in [-0.05, 0) is 0 Å². The van der Waals surface area contributed by atoms with Crippen molar-refractivity contribution in [1.29, 1.82) is 0 Å². The van der Waals surface area contributed by atoms with E-state index in [0.29, 0.717) is 6.61 Å². The first-order valence-electron chi connectivity index (χ1n) is 2.67. The molecule has 0 amide bonds. The molecule has 2 nitrogen and oxygen atoms in total. The Morgan fingerprint density at radius 3 is 2.88 bits per heavy atom. The van der Waals surface area contributed by atoms with E-state index in [-0.39, 0.29) is 0 Å². The molecule has 0 aliphatic heterocycles. The van der Waals surface area contributed by atoms with Crippen molar-refractivity contribution in [2.24, 2.45) is 0 Å². The molecule has 1 N–H and O–H groups in total. The van der Waals surface area contributed by atoms with Crippen LogP contribution in [0, 0.1) is 0 Å². The molecule has 0 radical (unpaired) electrons. The van der Waals surface area contributed by atoms with E-state index in [1.54, 1.807) is 0 Å². The number of hydrogen-bond donors (Lipinski definition) is 1. The summed E-state index contributed by atoms with van der Waals surface area (Å²) in [5.74, 6) is 0. The fraction of sp³-hybridized carbons (Fsp3) is 1.00. The second-order valence-electron chi connectivity index (χ2n) is 1.39. The van der Waals surface area contributed by atoms with Gasteiger partial charge in [-0.1, -0.05) is 0 Å². The topological polar surface area (TPSA) is 29.5 Å². The molecule has 0 saturated carbocycles. The fourth-order valence-corrected chi connectivity index (χ4v) is 3.15. The van der Waals surface area contributed by atoms with Gasteiger partial charge >= 0.3 is 63.5 Å². The molecule has 1 atom stereocenters. The molecule has 4 heteroatoms. The molecule has 0 bridgehead atoms. The minimum absolute atomic E-state index is 0.501. The standard InChI is InChI=1S/C4H9O2.BrH.Zn/c1-3-6-4(2)5;;/h4-5H,2-3H2,1H3;1H;/q;;+1/p-1. The van der Waals surface area contributed by atoms with Crippen LogP contribution in [-0.4, -0.2) is 18.0 Å². The van der Waals surface area contributed by atoms with Crippen LogP contribution in [0.1, 0.15) is 6.92 Å². The van der Waals surface area contributed by atoms with Crippen LogP contribution in [0.3, 0.4) is 0 Å². The van der Waals surface area contributed by atoms with Gasteiger partial charge in [-0.25, -0.2) is 0 Å². The number of aliphatic hydroxyl groups excluding tert-OH is 1. The molecule has 0 aromatic carbocycles. The van der Waals surface area contributed by atoms with Gasteiger partial charge in [-0.3, -0.25) is 0 Å². The molecule has 8 heavy (non-hydrogen) atoms. The molecule has 0 aliphatic rings. The second kappa shape index (κ2) is 6.15. The predicted molar refractivity (Wildman–Crippen MR) is 31.4 cm³/mol. The van der Waals surface area contributed by atoms with Gasteiger partial charge in [0.2, 0.25) is 0 Å². The van der Waals surface area contributed by atoms with Crippen LogP contribution < -0.4 is 0 Å². The van der Waals surface area contributed by atoms with E-state index < -0.39 is 21.5 Å². The third kappa shape index (κ3) is 5.17. The van der Waals surface area contributed by atoms with E-state index in [4.69, 9.17) is 9.84 Å². The molecule has 0 aromatic heterocycles. The van der Waals surface area contributed by atoms with Crippen molar-refractivity contribution in [1.82, 2.24) is 0 Å². The molecule has 0 heterocycles. The summed E-state index contributed by atoms with van der Waals surface area (Å²) in [7, 11) is 0. The van der Waals surface area contributed by atoms with Gasteiger partial charge in [0.05, 0.1) is 0 Å². The zero-order valence-electron chi connectivity index (χ0n) is 4.93. The van der Waals surface area contributed by atoms with Gasteiger partial charge in [0.1, 0.15) is 0 Å². The van der Waals surface area contributed by atoms with E-state index in [1.165, 1.54) is 0 Å². The van der Waals surface area contributed by atoms with E-state index in [2.05, 4.69) is 13.6 Å². The van der Waals surface area contributed by atoms with Crippen LogP contribution in [0.15, 0.2) is 0 Å². The maximum atomic E-state index is 8.84. The number of aliphatic hydroxyl groups is 1. The molecule has 0 fully saturated rings. The molecule has 1 unspecified atom stereocenters. The van der Waals surface area contributed by atoms with Crippen molar-refractivity contribution in [3.63, 3.8) is 0 Å². The zero-order chi connectivity index (χ0) is 6.41. The predicted octanol–water partition coefficient (Wildman–Crippen LogP) is 1.15. The first-order chi connectivity index (χ1) is 3.81. The Balaban J connectivity index is 2.92. The third-order valence-electron chi connectivity index (χ3n) is 0.715. The quantitative estimate of drug-likeness (QED) is 0.584. The normalized spacial score (nSPS) is 12.9. The van der Waals surface area contributed by atoms with Gasteiger partial charge in [0.15, 0.2) is 0 Å². The maximum absolute atomic E-state index is 8.84. The first kappa shape index (κ1) is 9.02. The Morgan fingerprint density at radius 1 is 1.88 bits per heavy atom. The van der Waals surface area contributed by atoms with Crippen LogP contribution in [-0.2, 0) is 19.9 Å². The summed E-state index contributed by atoms with van der Waals surface area (Å²) in [5, 5.41) is 9.69. The van der Waals surface area contributed by atoms with Crippen LogP contribution in [0.25, 0.3) is 0 Å². The molecule has 0 rings (SSSR count). The van der Waals surface area contributed by atoms with Gasteiger partial charge in [0.25, 0.3) is 0 Å². The number of rotatable bonds is 4. The molecule has 0 spiro atoms. The van der Waals surface area contributed by atoms with Crippen molar-refractivity contribution >= 4 is 13.6 Å². The second-order valence-corrected chi connectivity index (χ2v) is 7.51. The third-order valence-corrected chi connectivity index (χ3v) is 4.59. The molecule has 0 saturated heterocycles. The summed E-state index contributed by atoms with van der Waals surface area (Å²) in [6, 6.07) is 0. The van der Waals surface area contributed by atoms with Gasteiger partial charge in [0, 0.05) is 0 Å². The van der Waals surface area contributed by atoms with Crippen LogP contribution >= 0.6 is 13.6 Å². The Bertz CT molecular complexity index is 47.3. The fourth-order valence-electron chi connectivity index (χ4n) is 0.369. The Labute approximate surface area is 63.6 Å². The number of halogens is 1. The summed E-state index contributed by atoms with van der Waals surface area (Å²) in [4.78, 5) is 0. The van der Waals surface area contributed by atoms with E-state index in [0.717, 1.165) is 5.02 Å². The van der Waals surface area contributed by atoms with Crippen molar-refractivity contribution in [2.75, 3.05) is 6.61 Å². The zero-order valence-corrected chi connectivity index (χ0v) is 9.49. The van der Waals surface area contributed by atoms with Gasteiger partial charge in [-0.2, -0.15) is 0 Å². The van der Waals surface area contributed by atoms with Gasteiger partial charge in [-0.15, -0.1) is 0 Å². The molecule has 0 aromatic rings. The minimum atomic E-state index is -0.567. The summed E-state index contributed by atoms with van der Waals surface area (Å²) >= 11 is 2.80. The van der Waals surface area contributed by atoms with Crippen LogP contribution in [0.5, 0.6) is 0 Å². The SMILES string of the molecule is CCOC(O)[CH2][Zn][Br]. The first-order valence-corrected chi connectivity index (χ1v) is 11.7. The summed E-state index contributed by atoms with van der Waals surface area (Å²) < 4.78 is 4.85. The van der Waals surface area contributed by atoms with Crippen molar-refractivity contribution in [3.8, 4) is 0 Å². The monoisotopic (exact) mass is 232 g/mol. The van der Waals surface area contributed by atoms with E-state index >= 15 is 0 Å². The van der Waals surface area contributed by atoms with Crippen molar-refractivity contribution in [2.45, 2.75) is 18.2 Å². The average molecular weight is 234 g/mol. The molecule has 0 aliphatic carbocycles. The number of ether oxygens (including phenoxy) is 1. The summed E-state index contributed by atoms with van der Waals surface area (Å²) in [5.41, 5.74) is 0. The van der Waals surface area contributed by atoms with E-state index in [1.807, 2.05) is 6.92 Å². The Morgan fingerprint density at radius 2 is 2.50 bits per heavy atom.